The summed E-state index contributed by atoms with van der Waals surface area (Å²) in [6.45, 7) is 2.64. The van der Waals surface area contributed by atoms with Crippen LogP contribution in [0.15, 0.2) is 17.5 Å². The van der Waals surface area contributed by atoms with Crippen molar-refractivity contribution in [3.05, 3.63) is 33.8 Å². The van der Waals surface area contributed by atoms with E-state index in [-0.39, 0.29) is 5.91 Å². The van der Waals surface area contributed by atoms with Crippen LogP contribution in [0.3, 0.4) is 0 Å². The van der Waals surface area contributed by atoms with Gasteiger partial charge in [0.15, 0.2) is 5.69 Å². The van der Waals surface area contributed by atoms with E-state index in [4.69, 9.17) is 5.73 Å². The number of anilines is 1. The number of nitrogens with two attached hydrogens (primary N) is 1. The maximum Gasteiger partial charge on any atom is 0.277 e. The van der Waals surface area contributed by atoms with Gasteiger partial charge in [0.25, 0.3) is 5.91 Å². The lowest BCUT2D eigenvalue weighted by atomic mass is 10.2. The molecule has 1 aliphatic rings. The van der Waals surface area contributed by atoms with E-state index in [0.717, 1.165) is 25.0 Å². The molecule has 0 bridgehead atoms. The first-order chi connectivity index (χ1) is 9.70. The van der Waals surface area contributed by atoms with Crippen molar-refractivity contribution in [2.45, 2.75) is 38.8 Å². The molecule has 0 aliphatic heterocycles. The summed E-state index contributed by atoms with van der Waals surface area (Å²) >= 11 is 1.67. The summed E-state index contributed by atoms with van der Waals surface area (Å²) in [5.41, 5.74) is 7.70. The lowest BCUT2D eigenvalue weighted by Gasteiger charge is -2.21. The number of hydrogen-bond donors (Lipinski definition) is 2. The summed E-state index contributed by atoms with van der Waals surface area (Å²) in [4.78, 5) is 15.8. The molecule has 106 valence electrons. The minimum Gasteiger partial charge on any atom is -0.395 e. The number of rotatable bonds is 5. The molecule has 0 saturated heterocycles. The summed E-state index contributed by atoms with van der Waals surface area (Å²) in [6, 6.07) is 4.40. The predicted octanol–water partition coefficient (Wildman–Crippen LogP) is 2.42. The minimum atomic E-state index is -0.0608. The summed E-state index contributed by atoms with van der Waals surface area (Å²) in [6.07, 6.45) is 2.89. The average molecular weight is 290 g/mol. The molecule has 1 amide bonds. The number of amides is 1. The van der Waals surface area contributed by atoms with Crippen LogP contribution in [-0.4, -0.2) is 27.0 Å². The van der Waals surface area contributed by atoms with Crippen LogP contribution in [0.4, 0.5) is 5.69 Å². The molecule has 2 aromatic rings. The fraction of sp³-hybridized carbons (Fsp3) is 0.429. The van der Waals surface area contributed by atoms with Crippen LogP contribution < -0.4 is 5.73 Å². The van der Waals surface area contributed by atoms with E-state index in [0.29, 0.717) is 24.0 Å². The highest BCUT2D eigenvalue weighted by atomic mass is 32.1. The monoisotopic (exact) mass is 290 g/mol. The number of aromatic amines is 1. The van der Waals surface area contributed by atoms with Crippen LogP contribution in [0.25, 0.3) is 0 Å². The number of nitrogens with zero attached hydrogens (tertiary/aromatic N) is 2. The Labute approximate surface area is 121 Å². The largest absolute Gasteiger partial charge is 0.395 e. The molecule has 3 N–H and O–H groups in total. The third-order valence-corrected chi connectivity index (χ3v) is 4.45. The number of nitrogens with one attached hydrogen (secondary N) is 1. The van der Waals surface area contributed by atoms with Crippen molar-refractivity contribution in [2.75, 3.05) is 5.73 Å². The highest BCUT2D eigenvalue weighted by Crippen LogP contribution is 2.31. The number of carbonyl (C=O) groups is 1. The summed E-state index contributed by atoms with van der Waals surface area (Å²) in [7, 11) is 0. The third kappa shape index (κ3) is 2.43. The van der Waals surface area contributed by atoms with Gasteiger partial charge in [0, 0.05) is 10.9 Å². The summed E-state index contributed by atoms with van der Waals surface area (Å²) in [5, 5.41) is 9.00. The fourth-order valence-electron chi connectivity index (χ4n) is 2.28. The number of aryl methyl sites for hydroxylation is 1. The van der Waals surface area contributed by atoms with E-state index in [9.17, 15) is 4.79 Å². The number of thiophene rings is 1. The third-order valence-electron chi connectivity index (χ3n) is 3.59. The molecule has 0 unspecified atom stereocenters. The van der Waals surface area contributed by atoms with Crippen LogP contribution in [0.2, 0.25) is 0 Å². The first kappa shape index (κ1) is 13.2. The molecule has 6 heteroatoms. The van der Waals surface area contributed by atoms with E-state index >= 15 is 0 Å². The molecule has 1 fully saturated rings. The fourth-order valence-corrected chi connectivity index (χ4v) is 2.98. The van der Waals surface area contributed by atoms with Gasteiger partial charge in [-0.2, -0.15) is 5.10 Å². The zero-order chi connectivity index (χ0) is 14.1. The van der Waals surface area contributed by atoms with E-state index < -0.39 is 0 Å². The molecule has 2 aromatic heterocycles. The molecule has 5 nitrogen and oxygen atoms in total. The molecule has 0 radical (unpaired) electrons. The SMILES string of the molecule is CCc1[nH]nc(C(=O)N(Cc2cccs2)C2CC2)c1N. The van der Waals surface area contributed by atoms with Gasteiger partial charge >= 0.3 is 0 Å². The summed E-state index contributed by atoms with van der Waals surface area (Å²) in [5.74, 6) is -0.0608. The van der Waals surface area contributed by atoms with Crippen molar-refractivity contribution >= 4 is 22.9 Å². The Morgan fingerprint density at radius 3 is 2.95 bits per heavy atom. The van der Waals surface area contributed by atoms with Crippen LogP contribution in [0, 0.1) is 0 Å². The predicted molar refractivity (Wildman–Crippen MR) is 79.6 cm³/mol. The lowest BCUT2D eigenvalue weighted by Crippen LogP contribution is -2.33. The number of nitrogen functional groups attached to an aromatic ring is 1. The van der Waals surface area contributed by atoms with Gasteiger partial charge in [0.1, 0.15) is 0 Å². The smallest absolute Gasteiger partial charge is 0.277 e. The molecule has 2 heterocycles. The number of hydrogen-bond acceptors (Lipinski definition) is 4. The normalized spacial score (nSPS) is 14.4. The van der Waals surface area contributed by atoms with E-state index in [1.54, 1.807) is 11.3 Å². The summed E-state index contributed by atoms with van der Waals surface area (Å²) < 4.78 is 0. The maximum atomic E-state index is 12.7. The van der Waals surface area contributed by atoms with Crippen LogP contribution in [0.1, 0.15) is 40.8 Å². The molecular formula is C14H18N4OS. The molecule has 0 atom stereocenters. The minimum absolute atomic E-state index is 0.0608. The van der Waals surface area contributed by atoms with Gasteiger partial charge in [-0.3, -0.25) is 9.89 Å². The van der Waals surface area contributed by atoms with Gasteiger partial charge < -0.3 is 10.6 Å². The Kier molecular flexibility index (Phi) is 3.48. The first-order valence-electron chi connectivity index (χ1n) is 6.86. The Hall–Kier alpha value is -1.82. The van der Waals surface area contributed by atoms with Crippen molar-refractivity contribution < 1.29 is 4.79 Å². The molecule has 1 aliphatic carbocycles. The zero-order valence-corrected chi connectivity index (χ0v) is 12.2. The number of aromatic nitrogens is 2. The molecule has 1 saturated carbocycles. The van der Waals surface area contributed by atoms with Gasteiger partial charge in [-0.05, 0) is 30.7 Å². The van der Waals surface area contributed by atoms with Crippen molar-refractivity contribution in [1.82, 2.24) is 15.1 Å². The standard InChI is InChI=1S/C14H18N4OS/c1-2-11-12(15)13(17-16-11)14(19)18(9-5-6-9)8-10-4-3-7-20-10/h3-4,7,9H,2,5-6,8,15H2,1H3,(H,16,17). The van der Waals surface area contributed by atoms with Gasteiger partial charge in [0.2, 0.25) is 0 Å². The van der Waals surface area contributed by atoms with Crippen molar-refractivity contribution in [2.24, 2.45) is 0 Å². The van der Waals surface area contributed by atoms with Crippen molar-refractivity contribution in [1.29, 1.82) is 0 Å². The Bertz CT molecular complexity index is 601. The second kappa shape index (κ2) is 5.28. The second-order valence-corrected chi connectivity index (χ2v) is 6.09. The molecule has 3 rings (SSSR count). The lowest BCUT2D eigenvalue weighted by molar-refractivity contribution is 0.0726. The molecule has 0 aromatic carbocycles. The van der Waals surface area contributed by atoms with E-state index in [1.807, 2.05) is 23.3 Å². The zero-order valence-electron chi connectivity index (χ0n) is 11.4. The van der Waals surface area contributed by atoms with Crippen LogP contribution in [0.5, 0.6) is 0 Å². The Balaban J connectivity index is 1.83. The van der Waals surface area contributed by atoms with E-state index in [1.165, 1.54) is 4.88 Å². The maximum absolute atomic E-state index is 12.7. The van der Waals surface area contributed by atoms with Crippen LogP contribution in [-0.2, 0) is 13.0 Å². The topological polar surface area (TPSA) is 75.0 Å². The van der Waals surface area contributed by atoms with Gasteiger partial charge in [0.05, 0.1) is 17.9 Å². The highest BCUT2D eigenvalue weighted by molar-refractivity contribution is 7.09. The average Bonchev–Trinajstić information content (AvgIpc) is 3.02. The quantitative estimate of drug-likeness (QED) is 0.888. The van der Waals surface area contributed by atoms with Crippen molar-refractivity contribution in [3.8, 4) is 0 Å². The number of carbonyl (C=O) groups excluding carboxylic acids is 1. The molecule has 20 heavy (non-hydrogen) atoms. The van der Waals surface area contributed by atoms with Crippen molar-refractivity contribution in [3.63, 3.8) is 0 Å². The number of H-pyrrole nitrogens is 1. The molecule has 0 spiro atoms. The van der Waals surface area contributed by atoms with E-state index in [2.05, 4.69) is 16.3 Å². The highest BCUT2D eigenvalue weighted by Gasteiger charge is 2.35. The Morgan fingerprint density at radius 1 is 1.60 bits per heavy atom. The van der Waals surface area contributed by atoms with Gasteiger partial charge in [-0.1, -0.05) is 13.0 Å². The molecular weight excluding hydrogens is 272 g/mol. The Morgan fingerprint density at radius 2 is 2.40 bits per heavy atom. The second-order valence-electron chi connectivity index (χ2n) is 5.06. The van der Waals surface area contributed by atoms with Gasteiger partial charge in [-0.15, -0.1) is 11.3 Å². The van der Waals surface area contributed by atoms with Crippen LogP contribution >= 0.6 is 11.3 Å². The van der Waals surface area contributed by atoms with Gasteiger partial charge in [-0.25, -0.2) is 0 Å². The first-order valence-corrected chi connectivity index (χ1v) is 7.74.